The van der Waals surface area contributed by atoms with Crippen LogP contribution in [0.15, 0.2) is 63.5 Å². The number of rotatable bonds is 3. The van der Waals surface area contributed by atoms with Gasteiger partial charge in [0.2, 0.25) is 5.89 Å². The van der Waals surface area contributed by atoms with Crippen LogP contribution in [0.25, 0.3) is 22.6 Å². The molecule has 1 heterocycles. The van der Waals surface area contributed by atoms with E-state index < -0.39 is 5.91 Å². The summed E-state index contributed by atoms with van der Waals surface area (Å²) in [5.41, 5.74) is 3.03. The van der Waals surface area contributed by atoms with E-state index in [1.165, 1.54) is 6.07 Å². The number of benzene rings is 3. The highest BCUT2D eigenvalue weighted by atomic mass is 127. The maximum absolute atomic E-state index is 12.4. The first kappa shape index (κ1) is 22.5. The smallest absolute Gasteiger partial charge is 0.258 e. The van der Waals surface area contributed by atoms with E-state index >= 15 is 0 Å². The van der Waals surface area contributed by atoms with Gasteiger partial charge in [0.25, 0.3) is 5.91 Å². The van der Waals surface area contributed by atoms with Gasteiger partial charge in [-0.3, -0.25) is 10.1 Å². The molecule has 156 valence electrons. The molecule has 3 aromatic carbocycles. The molecular formula is C21H11BrCl2IN3O2S. The van der Waals surface area contributed by atoms with Crippen molar-refractivity contribution >= 4 is 102 Å². The normalized spacial score (nSPS) is 10.8. The van der Waals surface area contributed by atoms with Crippen LogP contribution < -0.4 is 10.6 Å². The van der Waals surface area contributed by atoms with Crippen LogP contribution in [-0.4, -0.2) is 16.0 Å². The summed E-state index contributed by atoms with van der Waals surface area (Å²) in [4.78, 5) is 17.0. The molecule has 0 atom stereocenters. The third kappa shape index (κ3) is 5.20. The Kier molecular flexibility index (Phi) is 6.83. The fourth-order valence-electron chi connectivity index (χ4n) is 2.79. The van der Waals surface area contributed by atoms with E-state index in [1.54, 1.807) is 30.3 Å². The number of nitrogens with one attached hydrogen (secondary N) is 2. The predicted molar refractivity (Wildman–Crippen MR) is 140 cm³/mol. The Labute approximate surface area is 214 Å². The lowest BCUT2D eigenvalue weighted by Crippen LogP contribution is -2.34. The monoisotopic (exact) mass is 645 g/mol. The van der Waals surface area contributed by atoms with Crippen molar-refractivity contribution in [2.75, 3.05) is 5.32 Å². The van der Waals surface area contributed by atoms with Gasteiger partial charge in [-0.05, 0) is 105 Å². The van der Waals surface area contributed by atoms with Crippen LogP contribution >= 0.6 is 73.9 Å². The van der Waals surface area contributed by atoms with Crippen molar-refractivity contribution in [1.82, 2.24) is 10.3 Å². The number of aromatic nitrogens is 1. The minimum absolute atomic E-state index is 0.115. The van der Waals surface area contributed by atoms with Gasteiger partial charge >= 0.3 is 0 Å². The number of nitrogens with zero attached hydrogens (tertiary/aromatic N) is 1. The Bertz CT molecular complexity index is 1350. The molecule has 0 spiro atoms. The molecule has 0 aliphatic rings. The lowest BCUT2D eigenvalue weighted by atomic mass is 10.2. The number of thiocarbonyl (C=S) groups is 1. The van der Waals surface area contributed by atoms with Crippen molar-refractivity contribution in [3.8, 4) is 11.5 Å². The second-order valence-electron chi connectivity index (χ2n) is 6.36. The fourth-order valence-corrected chi connectivity index (χ4v) is 4.28. The van der Waals surface area contributed by atoms with Crippen molar-refractivity contribution in [2.45, 2.75) is 0 Å². The van der Waals surface area contributed by atoms with Gasteiger partial charge in [0, 0.05) is 18.8 Å². The van der Waals surface area contributed by atoms with E-state index in [4.69, 9.17) is 39.8 Å². The highest BCUT2D eigenvalue weighted by Gasteiger charge is 2.15. The van der Waals surface area contributed by atoms with Gasteiger partial charge in [-0.25, -0.2) is 4.98 Å². The average molecular weight is 647 g/mol. The molecule has 0 aliphatic heterocycles. The third-order valence-corrected chi connectivity index (χ3v) is 6.34. The molecule has 0 saturated heterocycles. The maximum atomic E-state index is 12.4. The zero-order valence-electron chi connectivity index (χ0n) is 15.4. The van der Waals surface area contributed by atoms with Crippen molar-refractivity contribution in [3.63, 3.8) is 0 Å². The Morgan fingerprint density at radius 1 is 1.10 bits per heavy atom. The van der Waals surface area contributed by atoms with Crippen LogP contribution in [0.3, 0.4) is 0 Å². The molecule has 0 unspecified atom stereocenters. The summed E-state index contributed by atoms with van der Waals surface area (Å²) in [6.07, 6.45) is 0. The van der Waals surface area contributed by atoms with Gasteiger partial charge < -0.3 is 9.73 Å². The van der Waals surface area contributed by atoms with Crippen molar-refractivity contribution in [2.24, 2.45) is 0 Å². The second kappa shape index (κ2) is 9.41. The Balaban J connectivity index is 1.52. The van der Waals surface area contributed by atoms with E-state index in [2.05, 4.69) is 54.1 Å². The van der Waals surface area contributed by atoms with E-state index in [1.807, 2.05) is 18.2 Å². The number of fused-ring (bicyclic) bond motifs is 1. The van der Waals surface area contributed by atoms with Gasteiger partial charge in [0.1, 0.15) is 5.52 Å². The first-order chi connectivity index (χ1) is 14.8. The highest BCUT2D eigenvalue weighted by Crippen LogP contribution is 2.32. The van der Waals surface area contributed by atoms with Gasteiger partial charge in [-0.2, -0.15) is 0 Å². The van der Waals surface area contributed by atoms with E-state index in [0.717, 1.165) is 13.6 Å². The summed E-state index contributed by atoms with van der Waals surface area (Å²) in [6.45, 7) is 0. The summed E-state index contributed by atoms with van der Waals surface area (Å²) in [7, 11) is 0. The van der Waals surface area contributed by atoms with Crippen LogP contribution in [0, 0.1) is 3.57 Å². The number of halogens is 4. The molecule has 0 fully saturated rings. The molecule has 4 rings (SSSR count). The predicted octanol–water partition coefficient (Wildman–Crippen LogP) is 7.30. The molecule has 0 radical (unpaired) electrons. The van der Waals surface area contributed by atoms with E-state index in [0.29, 0.717) is 27.7 Å². The minimum Gasteiger partial charge on any atom is -0.436 e. The van der Waals surface area contributed by atoms with Gasteiger partial charge in [-0.15, -0.1) is 0 Å². The lowest BCUT2D eigenvalue weighted by molar-refractivity contribution is 0.0978. The van der Waals surface area contributed by atoms with Gasteiger partial charge in [0.15, 0.2) is 10.7 Å². The molecule has 2 N–H and O–H groups in total. The number of amides is 1. The molecule has 10 heteroatoms. The maximum Gasteiger partial charge on any atom is 0.258 e. The largest absolute Gasteiger partial charge is 0.436 e. The zero-order chi connectivity index (χ0) is 22.1. The summed E-state index contributed by atoms with van der Waals surface area (Å²) in [5.74, 6) is 0.0438. The van der Waals surface area contributed by atoms with Crippen LogP contribution in [0.5, 0.6) is 0 Å². The second-order valence-corrected chi connectivity index (χ2v) is 9.71. The van der Waals surface area contributed by atoms with Crippen LogP contribution in [-0.2, 0) is 0 Å². The van der Waals surface area contributed by atoms with Crippen LogP contribution in [0.2, 0.25) is 10.0 Å². The first-order valence-corrected chi connectivity index (χ1v) is 11.8. The minimum atomic E-state index is -0.460. The summed E-state index contributed by atoms with van der Waals surface area (Å²) < 4.78 is 7.86. The Hall–Kier alpha value is -1.72. The molecule has 1 aromatic heterocycles. The molecular weight excluding hydrogens is 636 g/mol. The number of hydrogen-bond acceptors (Lipinski definition) is 4. The lowest BCUT2D eigenvalue weighted by Gasteiger charge is -2.10. The Morgan fingerprint density at radius 2 is 1.90 bits per heavy atom. The highest BCUT2D eigenvalue weighted by molar-refractivity contribution is 14.1. The number of oxazole rings is 1. The topological polar surface area (TPSA) is 67.2 Å². The molecule has 0 bridgehead atoms. The third-order valence-electron chi connectivity index (χ3n) is 4.20. The van der Waals surface area contributed by atoms with Crippen molar-refractivity contribution in [1.29, 1.82) is 0 Å². The summed E-state index contributed by atoms with van der Waals surface area (Å²) in [5, 5.41) is 6.36. The number of carbonyl (C=O) groups excluding carboxylic acids is 1. The number of carbonyl (C=O) groups is 1. The molecule has 1 amide bonds. The number of anilines is 1. The zero-order valence-corrected chi connectivity index (χ0v) is 21.5. The molecule has 0 saturated carbocycles. The first-order valence-electron chi connectivity index (χ1n) is 8.73. The van der Waals surface area contributed by atoms with Crippen LogP contribution in [0.4, 0.5) is 5.69 Å². The standard InChI is InChI=1S/C21H11BrCl2IN3O2S/c22-15-4-2-11(25)8-13(15)20-27-17-9-12(3-6-18(17)30-20)26-21(31)28-19(29)14-7-10(23)1-5-16(14)24/h1-9H,(H2,26,28,29,31). The number of hydrogen-bond donors (Lipinski definition) is 2. The molecule has 4 aromatic rings. The van der Waals surface area contributed by atoms with Crippen molar-refractivity contribution < 1.29 is 9.21 Å². The fraction of sp³-hybridized carbons (Fsp3) is 0. The van der Waals surface area contributed by atoms with E-state index in [-0.39, 0.29) is 15.7 Å². The van der Waals surface area contributed by atoms with Gasteiger partial charge in [0.05, 0.1) is 16.1 Å². The summed E-state index contributed by atoms with van der Waals surface area (Å²) >= 11 is 23.0. The summed E-state index contributed by atoms with van der Waals surface area (Å²) in [6, 6.07) is 15.9. The molecule has 0 aliphatic carbocycles. The quantitative estimate of drug-likeness (QED) is 0.181. The molecule has 5 nitrogen and oxygen atoms in total. The van der Waals surface area contributed by atoms with Crippen LogP contribution in [0.1, 0.15) is 10.4 Å². The van der Waals surface area contributed by atoms with Gasteiger partial charge in [-0.1, -0.05) is 23.2 Å². The SMILES string of the molecule is O=C(NC(=S)Nc1ccc2oc(-c3cc(I)ccc3Br)nc2c1)c1cc(Cl)ccc1Cl. The average Bonchev–Trinajstić information content (AvgIpc) is 3.14. The van der Waals surface area contributed by atoms with Crippen molar-refractivity contribution in [3.05, 3.63) is 78.2 Å². The van der Waals surface area contributed by atoms with E-state index in [9.17, 15) is 4.79 Å². The Morgan fingerprint density at radius 3 is 2.71 bits per heavy atom. The molecule has 31 heavy (non-hydrogen) atoms.